The van der Waals surface area contributed by atoms with E-state index in [1.807, 2.05) is 43.3 Å². The van der Waals surface area contributed by atoms with Gasteiger partial charge in [-0.25, -0.2) is 0 Å². The van der Waals surface area contributed by atoms with Crippen molar-refractivity contribution in [3.8, 4) is 0 Å². The Labute approximate surface area is 222 Å². The zero-order valence-electron chi connectivity index (χ0n) is 21.0. The second-order valence-corrected chi connectivity index (χ2v) is 9.78. The third-order valence-electron chi connectivity index (χ3n) is 6.91. The Morgan fingerprint density at radius 2 is 1.97 bits per heavy atom. The molecule has 192 valence electrons. The summed E-state index contributed by atoms with van der Waals surface area (Å²) in [5, 5.41) is 13.3. The number of likely N-dealkylation sites (tertiary alicyclic amines) is 1. The molecule has 0 unspecified atom stereocenters. The third kappa shape index (κ3) is 6.06. The molecule has 0 saturated carbocycles. The minimum absolute atomic E-state index is 0.0859. The van der Waals surface area contributed by atoms with Crippen LogP contribution in [0.3, 0.4) is 0 Å². The molecule has 3 aromatic rings. The zero-order chi connectivity index (χ0) is 26.4. The average Bonchev–Trinajstić information content (AvgIpc) is 3.30. The summed E-state index contributed by atoms with van der Waals surface area (Å²) in [6, 6.07) is 17.6. The number of halogens is 1. The fourth-order valence-electron chi connectivity index (χ4n) is 4.89. The molecule has 1 fully saturated rings. The molecule has 1 aromatic heterocycles. The summed E-state index contributed by atoms with van der Waals surface area (Å²) in [5.74, 6) is -1.06. The van der Waals surface area contributed by atoms with Crippen molar-refractivity contribution in [2.45, 2.75) is 44.7 Å². The number of carbonyl (C=O) groups excluding carboxylic acids is 1. The van der Waals surface area contributed by atoms with Crippen molar-refractivity contribution in [2.75, 3.05) is 18.4 Å². The number of hydrogen-bond donors (Lipinski definition) is 2. The van der Waals surface area contributed by atoms with Gasteiger partial charge in [0.05, 0.1) is 29.4 Å². The van der Waals surface area contributed by atoms with E-state index in [2.05, 4.69) is 22.1 Å². The van der Waals surface area contributed by atoms with Gasteiger partial charge in [0.15, 0.2) is 0 Å². The van der Waals surface area contributed by atoms with Gasteiger partial charge >= 0.3 is 5.97 Å². The van der Waals surface area contributed by atoms with E-state index < -0.39 is 17.6 Å². The van der Waals surface area contributed by atoms with Gasteiger partial charge in [-0.05, 0) is 62.7 Å². The van der Waals surface area contributed by atoms with Gasteiger partial charge in [-0.2, -0.15) is 0 Å². The van der Waals surface area contributed by atoms with Crippen LogP contribution in [0.1, 0.15) is 55.8 Å². The number of aliphatic carboxylic acids is 1. The quantitative estimate of drug-likeness (QED) is 0.359. The van der Waals surface area contributed by atoms with E-state index in [1.165, 1.54) is 0 Å². The number of amides is 1. The van der Waals surface area contributed by atoms with Crippen molar-refractivity contribution < 1.29 is 14.7 Å². The van der Waals surface area contributed by atoms with Gasteiger partial charge in [-0.3, -0.25) is 24.5 Å². The lowest BCUT2D eigenvalue weighted by atomic mass is 9.95. The molecule has 1 saturated heterocycles. The first-order valence-corrected chi connectivity index (χ1v) is 12.8. The van der Waals surface area contributed by atoms with Gasteiger partial charge in [-0.15, -0.1) is 0 Å². The fraction of sp³-hybridized carbons (Fsp3) is 0.310. The van der Waals surface area contributed by atoms with Gasteiger partial charge in [-0.1, -0.05) is 54.9 Å². The molecule has 0 aliphatic carbocycles. The highest BCUT2D eigenvalue weighted by Gasteiger charge is 2.42. The fourth-order valence-corrected chi connectivity index (χ4v) is 5.06. The monoisotopic (exact) mass is 518 g/mol. The second kappa shape index (κ2) is 11.7. The predicted octanol–water partition coefficient (Wildman–Crippen LogP) is 5.60. The summed E-state index contributed by atoms with van der Waals surface area (Å²) < 4.78 is 0. The standard InChI is InChI=1S/C29H31ClN4O3/c1-3-34-16-8-14-29(34,2)28(37)33-24-13-12-22(30)17-23(24)27(20-9-5-4-6-10-20)32-25(18-26(35)36)21-11-7-15-31-19-21/h4-7,9-13,15,17,19,25H,3,8,14,16,18H2,1-2H3,(H,33,37)(H,35,36)/t25-,29+/m0/s1. The lowest BCUT2D eigenvalue weighted by Crippen LogP contribution is -2.50. The van der Waals surface area contributed by atoms with E-state index in [0.29, 0.717) is 27.5 Å². The molecule has 2 atom stereocenters. The maximum Gasteiger partial charge on any atom is 0.305 e. The molecule has 8 heteroatoms. The van der Waals surface area contributed by atoms with Gasteiger partial charge in [0.25, 0.3) is 0 Å². The summed E-state index contributed by atoms with van der Waals surface area (Å²) in [7, 11) is 0. The van der Waals surface area contributed by atoms with Crippen LogP contribution >= 0.6 is 11.6 Å². The highest BCUT2D eigenvalue weighted by atomic mass is 35.5. The van der Waals surface area contributed by atoms with E-state index >= 15 is 0 Å². The first-order valence-electron chi connectivity index (χ1n) is 12.4. The minimum Gasteiger partial charge on any atom is -0.481 e. The number of carbonyl (C=O) groups is 2. The predicted molar refractivity (Wildman–Crippen MR) is 146 cm³/mol. The molecule has 2 N–H and O–H groups in total. The molecule has 1 aliphatic rings. The number of nitrogens with one attached hydrogen (secondary N) is 1. The molecular weight excluding hydrogens is 488 g/mol. The molecule has 2 heterocycles. The Hall–Kier alpha value is -3.55. The minimum atomic E-state index is -0.974. The molecule has 0 radical (unpaired) electrons. The number of rotatable bonds is 9. The maximum atomic E-state index is 13.6. The Kier molecular flexibility index (Phi) is 8.36. The molecule has 2 aromatic carbocycles. The molecule has 37 heavy (non-hydrogen) atoms. The van der Waals surface area contributed by atoms with Crippen molar-refractivity contribution in [3.63, 3.8) is 0 Å². The number of pyridine rings is 1. The smallest absolute Gasteiger partial charge is 0.305 e. The number of carboxylic acids is 1. The number of aromatic nitrogens is 1. The lowest BCUT2D eigenvalue weighted by molar-refractivity contribution is -0.137. The SMILES string of the molecule is CCN1CCC[C@]1(C)C(=O)Nc1ccc(Cl)cc1C(=N[C@@H](CC(=O)O)c1cccnc1)c1ccccc1. The summed E-state index contributed by atoms with van der Waals surface area (Å²) in [6.45, 7) is 5.71. The van der Waals surface area contributed by atoms with E-state index in [4.69, 9.17) is 16.6 Å². The van der Waals surface area contributed by atoms with E-state index in [0.717, 1.165) is 31.5 Å². The Morgan fingerprint density at radius 3 is 2.65 bits per heavy atom. The van der Waals surface area contributed by atoms with Crippen LogP contribution in [-0.2, 0) is 9.59 Å². The van der Waals surface area contributed by atoms with Crippen LogP contribution in [0.15, 0.2) is 78.0 Å². The van der Waals surface area contributed by atoms with Crippen LogP contribution in [0, 0.1) is 0 Å². The first-order chi connectivity index (χ1) is 17.8. The van der Waals surface area contributed by atoms with Crippen LogP contribution in [0.25, 0.3) is 0 Å². The van der Waals surface area contributed by atoms with Gasteiger partial charge < -0.3 is 10.4 Å². The van der Waals surface area contributed by atoms with Crippen LogP contribution in [0.4, 0.5) is 5.69 Å². The Bertz CT molecular complexity index is 1280. The van der Waals surface area contributed by atoms with Crippen LogP contribution in [0.5, 0.6) is 0 Å². The van der Waals surface area contributed by atoms with Gasteiger partial charge in [0, 0.05) is 28.5 Å². The third-order valence-corrected chi connectivity index (χ3v) is 7.15. The molecule has 7 nitrogen and oxygen atoms in total. The number of carboxylic acid groups (broad SMARTS) is 1. The molecule has 0 spiro atoms. The van der Waals surface area contributed by atoms with Crippen LogP contribution in [-0.4, -0.2) is 51.2 Å². The molecule has 1 amide bonds. The number of nitrogens with zero attached hydrogens (tertiary/aromatic N) is 3. The van der Waals surface area contributed by atoms with Crippen molar-refractivity contribution in [1.29, 1.82) is 0 Å². The van der Waals surface area contributed by atoms with E-state index in [9.17, 15) is 14.7 Å². The van der Waals surface area contributed by atoms with E-state index in [1.54, 1.807) is 36.7 Å². The normalized spacial score (nSPS) is 18.9. The topological polar surface area (TPSA) is 94.9 Å². The summed E-state index contributed by atoms with van der Waals surface area (Å²) >= 11 is 6.44. The van der Waals surface area contributed by atoms with Crippen molar-refractivity contribution in [1.82, 2.24) is 9.88 Å². The number of likely N-dealkylation sites (N-methyl/N-ethyl adjacent to an activating group) is 1. The number of benzene rings is 2. The average molecular weight is 519 g/mol. The van der Waals surface area contributed by atoms with Crippen LogP contribution in [0.2, 0.25) is 5.02 Å². The summed E-state index contributed by atoms with van der Waals surface area (Å²) in [6.07, 6.45) is 4.78. The lowest BCUT2D eigenvalue weighted by Gasteiger charge is -2.33. The second-order valence-electron chi connectivity index (χ2n) is 9.34. The first kappa shape index (κ1) is 26.5. The molecular formula is C29H31ClN4O3. The van der Waals surface area contributed by atoms with Crippen molar-refractivity contribution in [3.05, 3.63) is 94.8 Å². The maximum absolute atomic E-state index is 13.6. The van der Waals surface area contributed by atoms with Crippen LogP contribution < -0.4 is 5.32 Å². The summed E-state index contributed by atoms with van der Waals surface area (Å²) in [5.41, 5.74) is 2.58. The highest BCUT2D eigenvalue weighted by molar-refractivity contribution is 6.31. The van der Waals surface area contributed by atoms with Gasteiger partial charge in [0.2, 0.25) is 5.91 Å². The largest absolute Gasteiger partial charge is 0.481 e. The zero-order valence-corrected chi connectivity index (χ0v) is 21.8. The van der Waals surface area contributed by atoms with E-state index in [-0.39, 0.29) is 12.3 Å². The van der Waals surface area contributed by atoms with Gasteiger partial charge in [0.1, 0.15) is 0 Å². The number of anilines is 1. The molecule has 0 bridgehead atoms. The number of hydrogen-bond acceptors (Lipinski definition) is 5. The Morgan fingerprint density at radius 1 is 1.19 bits per heavy atom. The molecule has 1 aliphatic heterocycles. The molecule has 4 rings (SSSR count). The van der Waals surface area contributed by atoms with Crippen molar-refractivity contribution >= 4 is 34.9 Å². The Balaban J connectivity index is 1.83. The highest BCUT2D eigenvalue weighted by Crippen LogP contribution is 2.33. The summed E-state index contributed by atoms with van der Waals surface area (Å²) in [4.78, 5) is 36.7. The number of aliphatic imine (C=N–C) groups is 1. The van der Waals surface area contributed by atoms with Crippen molar-refractivity contribution in [2.24, 2.45) is 4.99 Å².